The van der Waals surface area contributed by atoms with Crippen molar-refractivity contribution in [3.63, 3.8) is 0 Å². The third-order valence-electron chi connectivity index (χ3n) is 11.7. The normalized spacial score (nSPS) is 13.8. The maximum Gasteiger partial charge on any atom is 0.160 e. The molecule has 1 aliphatic carbocycles. The first kappa shape index (κ1) is 28.8. The molecule has 0 spiro atoms. The first-order valence-corrected chi connectivity index (χ1v) is 18.4. The number of nitrogens with zero attached hydrogens (tertiary/aromatic N) is 1. The van der Waals surface area contributed by atoms with Crippen LogP contribution in [0.5, 0.6) is 0 Å². The molecule has 0 radical (unpaired) electrons. The van der Waals surface area contributed by atoms with E-state index in [1.165, 1.54) is 71.3 Å². The van der Waals surface area contributed by atoms with Gasteiger partial charge < -0.3 is 8.98 Å². The molecular weight excluding hydrogens is 643 g/mol. The maximum absolute atomic E-state index is 6.72. The summed E-state index contributed by atoms with van der Waals surface area (Å²) in [5, 5.41) is 9.70. The summed E-state index contributed by atoms with van der Waals surface area (Å²) in [5.41, 5.74) is 14.4. The Kier molecular flexibility index (Phi) is 5.86. The van der Waals surface area contributed by atoms with E-state index >= 15 is 0 Å². The van der Waals surface area contributed by atoms with Crippen LogP contribution in [0.1, 0.15) is 22.6 Å². The van der Waals surface area contributed by atoms with Gasteiger partial charge in [0.1, 0.15) is 5.58 Å². The molecule has 53 heavy (non-hydrogen) atoms. The molecule has 2 heterocycles. The van der Waals surface area contributed by atoms with Gasteiger partial charge >= 0.3 is 0 Å². The summed E-state index contributed by atoms with van der Waals surface area (Å²) in [7, 11) is 0. The predicted octanol–water partition coefficient (Wildman–Crippen LogP) is 13.8. The van der Waals surface area contributed by atoms with Crippen LogP contribution in [0.3, 0.4) is 0 Å². The number of furan rings is 1. The second-order valence-electron chi connectivity index (χ2n) is 14.4. The van der Waals surface area contributed by atoms with Crippen LogP contribution in [0.2, 0.25) is 0 Å². The number of fused-ring (bicyclic) bond motifs is 12. The Morgan fingerprint density at radius 1 is 0.396 bits per heavy atom. The van der Waals surface area contributed by atoms with Crippen molar-refractivity contribution in [2.75, 3.05) is 0 Å². The highest BCUT2D eigenvalue weighted by Gasteiger charge is 2.31. The molecule has 0 N–H and O–H groups in total. The van der Waals surface area contributed by atoms with Crippen molar-refractivity contribution in [2.24, 2.45) is 0 Å². The van der Waals surface area contributed by atoms with Gasteiger partial charge in [-0.15, -0.1) is 0 Å². The van der Waals surface area contributed by atoms with Crippen LogP contribution in [0.4, 0.5) is 0 Å². The van der Waals surface area contributed by atoms with Gasteiger partial charge in [-0.05, 0) is 91.5 Å². The van der Waals surface area contributed by atoms with Gasteiger partial charge in [-0.1, -0.05) is 146 Å². The molecule has 246 valence electrons. The lowest BCUT2D eigenvalue weighted by atomic mass is 9.86. The predicted molar refractivity (Wildman–Crippen MR) is 221 cm³/mol. The fraction of sp³-hybridized carbons (Fsp3) is 0.0196. The van der Waals surface area contributed by atoms with Gasteiger partial charge in [-0.25, -0.2) is 0 Å². The molecule has 0 aliphatic heterocycles. The minimum absolute atomic E-state index is 0.189. The Hall–Kier alpha value is -6.90. The third-order valence-corrected chi connectivity index (χ3v) is 11.7. The molecule has 0 amide bonds. The highest BCUT2D eigenvalue weighted by Crippen LogP contribution is 2.51. The zero-order chi connectivity index (χ0) is 34.6. The average Bonchev–Trinajstić information content (AvgIpc) is 3.88. The lowest BCUT2D eigenvalue weighted by Gasteiger charge is -2.17. The van der Waals surface area contributed by atoms with Crippen molar-refractivity contribution >= 4 is 65.3 Å². The van der Waals surface area contributed by atoms with Gasteiger partial charge in [0.15, 0.2) is 5.58 Å². The van der Waals surface area contributed by atoms with Crippen molar-refractivity contribution in [1.29, 1.82) is 0 Å². The summed E-state index contributed by atoms with van der Waals surface area (Å²) >= 11 is 0. The van der Waals surface area contributed by atoms with E-state index in [2.05, 4.69) is 180 Å². The Balaban J connectivity index is 1.10. The molecule has 0 bridgehead atoms. The fourth-order valence-electron chi connectivity index (χ4n) is 9.33. The van der Waals surface area contributed by atoms with Crippen LogP contribution in [0, 0.1) is 0 Å². The maximum atomic E-state index is 6.72. The molecule has 11 aromatic rings. The van der Waals surface area contributed by atoms with Gasteiger partial charge in [0.2, 0.25) is 0 Å². The van der Waals surface area contributed by atoms with E-state index < -0.39 is 0 Å². The molecule has 2 nitrogen and oxygen atoms in total. The van der Waals surface area contributed by atoms with Crippen molar-refractivity contribution < 1.29 is 4.42 Å². The molecule has 9 aromatic carbocycles. The lowest BCUT2D eigenvalue weighted by Crippen LogP contribution is -2.00. The summed E-state index contributed by atoms with van der Waals surface area (Å²) in [5.74, 6) is 0.189. The van der Waals surface area contributed by atoms with Gasteiger partial charge in [0.25, 0.3) is 0 Å². The van der Waals surface area contributed by atoms with Crippen LogP contribution in [0.25, 0.3) is 93.2 Å². The topological polar surface area (TPSA) is 18.1 Å². The van der Waals surface area contributed by atoms with Crippen molar-refractivity contribution in [1.82, 2.24) is 4.57 Å². The molecule has 2 heteroatoms. The zero-order valence-electron chi connectivity index (χ0n) is 28.8. The standard InChI is InChI=1S/C51H31NO/c1-3-15-35-31(11-1)13-9-20-39(35)49-40-19-6-5-17-37(40)44-29-33(23-25-41(44)49)34-24-28-47-45(30-34)42-26-27-43-38-18-7-8-22-48(38)53-51(43)50(42)52(47)46-21-10-14-32-12-2-4-16-36(32)46/h1-30,49H. The van der Waals surface area contributed by atoms with Crippen molar-refractivity contribution in [2.45, 2.75) is 5.92 Å². The van der Waals surface area contributed by atoms with Gasteiger partial charge in [-0.3, -0.25) is 0 Å². The minimum Gasteiger partial charge on any atom is -0.454 e. The molecule has 0 saturated carbocycles. The lowest BCUT2D eigenvalue weighted by molar-refractivity contribution is 0.671. The minimum atomic E-state index is 0.189. The first-order chi connectivity index (χ1) is 26.3. The summed E-state index contributed by atoms with van der Waals surface area (Å²) in [6, 6.07) is 66.7. The van der Waals surface area contributed by atoms with Gasteiger partial charge in [0, 0.05) is 32.8 Å². The van der Waals surface area contributed by atoms with E-state index in [0.717, 1.165) is 38.7 Å². The summed E-state index contributed by atoms with van der Waals surface area (Å²) in [6.45, 7) is 0. The summed E-state index contributed by atoms with van der Waals surface area (Å²) < 4.78 is 9.15. The Labute approximate surface area is 305 Å². The van der Waals surface area contributed by atoms with Crippen LogP contribution < -0.4 is 0 Å². The molecule has 1 unspecified atom stereocenters. The molecule has 0 saturated heterocycles. The van der Waals surface area contributed by atoms with Gasteiger partial charge in [0.05, 0.1) is 16.7 Å². The highest BCUT2D eigenvalue weighted by atomic mass is 16.3. The molecule has 1 aliphatic rings. The molecule has 2 aromatic heterocycles. The second kappa shape index (κ2) is 10.8. The quantitative estimate of drug-likeness (QED) is 0.183. The molecule has 0 fully saturated rings. The molecular formula is C51H31NO. The molecule has 12 rings (SSSR count). The van der Waals surface area contributed by atoms with Crippen LogP contribution in [-0.4, -0.2) is 4.57 Å². The third kappa shape index (κ3) is 4.03. The number of aromatic nitrogens is 1. The second-order valence-corrected chi connectivity index (χ2v) is 14.4. The van der Waals surface area contributed by atoms with E-state index in [4.69, 9.17) is 4.42 Å². The number of hydrogen-bond donors (Lipinski definition) is 0. The monoisotopic (exact) mass is 673 g/mol. The van der Waals surface area contributed by atoms with Crippen LogP contribution in [-0.2, 0) is 0 Å². The summed E-state index contributed by atoms with van der Waals surface area (Å²) in [6.07, 6.45) is 0. The van der Waals surface area contributed by atoms with E-state index in [-0.39, 0.29) is 5.92 Å². The fourth-order valence-corrected chi connectivity index (χ4v) is 9.33. The van der Waals surface area contributed by atoms with Crippen molar-refractivity contribution in [3.8, 4) is 27.9 Å². The number of hydrogen-bond acceptors (Lipinski definition) is 1. The largest absolute Gasteiger partial charge is 0.454 e. The Morgan fingerprint density at radius 3 is 1.94 bits per heavy atom. The SMILES string of the molecule is c1ccc2c(c1)-c1cc(-c3ccc4c(c3)c3ccc5c6ccccc6oc5c3n4-c3cccc4ccccc34)ccc1C2c1cccc2ccccc12. The van der Waals surface area contributed by atoms with E-state index in [0.29, 0.717) is 0 Å². The zero-order valence-corrected chi connectivity index (χ0v) is 28.8. The molecule has 1 atom stereocenters. The smallest absolute Gasteiger partial charge is 0.160 e. The Morgan fingerprint density at radius 2 is 1.04 bits per heavy atom. The highest BCUT2D eigenvalue weighted by molar-refractivity contribution is 6.22. The number of benzene rings is 9. The van der Waals surface area contributed by atoms with Crippen LogP contribution in [0.15, 0.2) is 186 Å². The number of rotatable bonds is 3. The van der Waals surface area contributed by atoms with Crippen LogP contribution >= 0.6 is 0 Å². The summed E-state index contributed by atoms with van der Waals surface area (Å²) in [4.78, 5) is 0. The van der Waals surface area contributed by atoms with Crippen molar-refractivity contribution in [3.05, 3.63) is 199 Å². The van der Waals surface area contributed by atoms with Gasteiger partial charge in [-0.2, -0.15) is 0 Å². The van der Waals surface area contributed by atoms with E-state index in [9.17, 15) is 0 Å². The average molecular weight is 674 g/mol. The van der Waals surface area contributed by atoms with E-state index in [1.54, 1.807) is 0 Å². The first-order valence-electron chi connectivity index (χ1n) is 18.4. The Bertz CT molecular complexity index is 3290. The van der Waals surface area contributed by atoms with E-state index in [1.807, 2.05) is 6.07 Å². The number of para-hydroxylation sites is 1.